The molecule has 5 rings (SSSR count). The molecule has 0 radical (unpaired) electrons. The van der Waals surface area contributed by atoms with Crippen LogP contribution in [0.15, 0.2) is 51.1 Å². The van der Waals surface area contributed by atoms with Crippen LogP contribution in [0.25, 0.3) is 10.9 Å². The Morgan fingerprint density at radius 1 is 1.11 bits per heavy atom. The van der Waals surface area contributed by atoms with Crippen LogP contribution in [0.2, 0.25) is 0 Å². The largest absolute Gasteiger partial charge is 0.493 e. The molecule has 1 aliphatic carbocycles. The number of benzene rings is 2. The summed E-state index contributed by atoms with van der Waals surface area (Å²) in [5.74, 6) is 0.736. The van der Waals surface area contributed by atoms with E-state index in [9.17, 15) is 9.90 Å². The fraction of sp³-hybridized carbons (Fsp3) is 0.483. The molecule has 3 aromatic rings. The summed E-state index contributed by atoms with van der Waals surface area (Å²) in [5.41, 5.74) is 2.49. The maximum atomic E-state index is 12.7. The van der Waals surface area contributed by atoms with Crippen molar-refractivity contribution in [2.75, 3.05) is 20.8 Å². The molecule has 1 saturated carbocycles. The second-order valence-corrected chi connectivity index (χ2v) is 12.7. The van der Waals surface area contributed by atoms with Crippen LogP contribution in [0.5, 0.6) is 17.4 Å². The third kappa shape index (κ3) is 5.18. The molecule has 8 nitrogen and oxygen atoms in total. The highest BCUT2D eigenvalue weighted by molar-refractivity contribution is 9.10. The number of nitrogens with zero attached hydrogens (tertiary/aromatic N) is 4. The van der Waals surface area contributed by atoms with E-state index in [-0.39, 0.29) is 17.7 Å². The predicted molar refractivity (Wildman–Crippen MR) is 150 cm³/mol. The molecule has 0 spiro atoms. The second kappa shape index (κ2) is 10.0. The number of aromatic nitrogens is 1. The number of methoxy groups -OCH3 is 2. The summed E-state index contributed by atoms with van der Waals surface area (Å²) in [6.45, 7) is 8.67. The lowest BCUT2D eigenvalue weighted by molar-refractivity contribution is -0.117. The summed E-state index contributed by atoms with van der Waals surface area (Å²) in [6.07, 6.45) is 3.58. The molecular formula is C29H35BrN4O4. The number of ether oxygens (including phenoxy) is 2. The van der Waals surface area contributed by atoms with E-state index in [0.29, 0.717) is 35.3 Å². The van der Waals surface area contributed by atoms with Crippen LogP contribution in [-0.4, -0.2) is 47.3 Å². The smallest absolute Gasteiger partial charge is 0.269 e. The van der Waals surface area contributed by atoms with Gasteiger partial charge >= 0.3 is 0 Å². The first-order valence-corrected chi connectivity index (χ1v) is 13.7. The molecule has 2 fully saturated rings. The van der Waals surface area contributed by atoms with Crippen LogP contribution < -0.4 is 9.47 Å². The minimum absolute atomic E-state index is 0.0200. The van der Waals surface area contributed by atoms with Gasteiger partial charge in [0.05, 0.1) is 32.8 Å². The van der Waals surface area contributed by atoms with Crippen molar-refractivity contribution in [3.8, 4) is 17.4 Å². The summed E-state index contributed by atoms with van der Waals surface area (Å²) < 4.78 is 13.4. The number of aromatic hydroxyl groups is 1. The molecule has 2 heterocycles. The van der Waals surface area contributed by atoms with Crippen LogP contribution in [0, 0.1) is 10.8 Å². The number of halogens is 1. The second-order valence-electron chi connectivity index (χ2n) is 11.8. The molecule has 2 atom stereocenters. The molecule has 1 amide bonds. The number of carbonyl (C=O) groups excluding carboxylic acids is 1. The van der Waals surface area contributed by atoms with Crippen LogP contribution in [0.3, 0.4) is 0 Å². The Bertz CT molecular complexity index is 1420. The van der Waals surface area contributed by atoms with E-state index in [1.54, 1.807) is 32.4 Å². The van der Waals surface area contributed by atoms with Gasteiger partial charge in [0, 0.05) is 22.4 Å². The lowest BCUT2D eigenvalue weighted by atomic mass is 9.65. The summed E-state index contributed by atoms with van der Waals surface area (Å²) >= 11 is 3.53. The van der Waals surface area contributed by atoms with Gasteiger partial charge in [-0.15, -0.1) is 10.2 Å². The van der Waals surface area contributed by atoms with E-state index in [2.05, 4.69) is 51.8 Å². The average molecular weight is 584 g/mol. The Kier molecular flexibility index (Phi) is 7.02. The molecule has 2 bridgehead atoms. The van der Waals surface area contributed by atoms with E-state index >= 15 is 0 Å². The van der Waals surface area contributed by atoms with Crippen molar-refractivity contribution >= 4 is 38.4 Å². The molecule has 2 aromatic carbocycles. The zero-order chi connectivity index (χ0) is 27.2. The third-order valence-electron chi connectivity index (χ3n) is 7.88. The molecular weight excluding hydrogens is 548 g/mol. The van der Waals surface area contributed by atoms with Gasteiger partial charge in [-0.3, -0.25) is 14.3 Å². The van der Waals surface area contributed by atoms with Crippen LogP contribution in [0.1, 0.15) is 45.6 Å². The molecule has 1 aliphatic heterocycles. The Morgan fingerprint density at radius 2 is 1.87 bits per heavy atom. The summed E-state index contributed by atoms with van der Waals surface area (Å²) in [6, 6.07) is 11.6. The number of hydrogen-bond donors (Lipinski definition) is 1. The fourth-order valence-corrected chi connectivity index (χ4v) is 7.13. The molecule has 1 N–H and O–H groups in total. The van der Waals surface area contributed by atoms with Crippen molar-refractivity contribution in [2.45, 2.75) is 59.2 Å². The molecule has 9 heteroatoms. The first-order chi connectivity index (χ1) is 18.0. The Morgan fingerprint density at radius 3 is 2.61 bits per heavy atom. The summed E-state index contributed by atoms with van der Waals surface area (Å²) in [4.78, 5) is 15.2. The number of amides is 1. The standard InChI is InChI=1S/C29H35BrN4O4/c1-28(2)13-20-14-29(3,15-28)16-33(20)17-34-22-8-7-19(30)12-21(22)26(27(34)36)32-31-25(35)11-18-6-9-23(37-4)24(10-18)38-5/h6-10,12,20,36H,11,13-17H2,1-5H3/t20-,29-/m1/s1. The van der Waals surface area contributed by atoms with Gasteiger partial charge in [-0.25, -0.2) is 0 Å². The highest BCUT2D eigenvalue weighted by Crippen LogP contribution is 2.53. The minimum atomic E-state index is -0.420. The van der Waals surface area contributed by atoms with Crippen molar-refractivity contribution in [2.24, 2.45) is 21.1 Å². The maximum absolute atomic E-state index is 12.7. The average Bonchev–Trinajstić information content (AvgIpc) is 3.24. The van der Waals surface area contributed by atoms with Gasteiger partial charge in [-0.2, -0.15) is 0 Å². The first-order valence-electron chi connectivity index (χ1n) is 12.9. The Hall–Kier alpha value is -2.91. The lowest BCUT2D eigenvalue weighted by Crippen LogP contribution is -2.35. The summed E-state index contributed by atoms with van der Waals surface area (Å²) in [7, 11) is 3.12. The lowest BCUT2D eigenvalue weighted by Gasteiger charge is -2.40. The normalized spacial score (nSPS) is 22.8. The Labute approximate surface area is 231 Å². The van der Waals surface area contributed by atoms with Gasteiger partial charge in [0.15, 0.2) is 17.2 Å². The molecule has 38 heavy (non-hydrogen) atoms. The SMILES string of the molecule is COc1ccc(CC(=O)N=Nc2c(O)n(CN3C[C@]4(C)C[C@H]3CC(C)(C)C4)c3ccc(Br)cc23)cc1OC. The van der Waals surface area contributed by atoms with Crippen LogP contribution >= 0.6 is 15.9 Å². The topological polar surface area (TPSA) is 88.7 Å². The van der Waals surface area contributed by atoms with Gasteiger partial charge in [-0.1, -0.05) is 42.8 Å². The highest BCUT2D eigenvalue weighted by Gasteiger charge is 2.49. The number of likely N-dealkylation sites (tertiary alicyclic amines) is 1. The fourth-order valence-electron chi connectivity index (χ4n) is 6.77. The van der Waals surface area contributed by atoms with Gasteiger partial charge < -0.3 is 14.6 Å². The van der Waals surface area contributed by atoms with Crippen molar-refractivity contribution in [3.05, 3.63) is 46.4 Å². The van der Waals surface area contributed by atoms with Crippen molar-refractivity contribution < 1.29 is 19.4 Å². The van der Waals surface area contributed by atoms with Gasteiger partial charge in [0.2, 0.25) is 5.88 Å². The molecule has 1 aromatic heterocycles. The number of rotatable bonds is 7. The number of carbonyl (C=O) groups is 1. The molecule has 1 saturated heterocycles. The molecule has 2 aliphatic rings. The predicted octanol–water partition coefficient (Wildman–Crippen LogP) is 6.84. The van der Waals surface area contributed by atoms with Gasteiger partial charge in [0.25, 0.3) is 5.91 Å². The third-order valence-corrected chi connectivity index (χ3v) is 8.38. The van der Waals surface area contributed by atoms with E-state index < -0.39 is 5.91 Å². The minimum Gasteiger partial charge on any atom is -0.493 e. The van der Waals surface area contributed by atoms with Crippen molar-refractivity contribution in [1.82, 2.24) is 9.47 Å². The number of hydrogen-bond acceptors (Lipinski definition) is 6. The van der Waals surface area contributed by atoms with Gasteiger partial charge in [-0.05, 0) is 66.0 Å². The molecule has 202 valence electrons. The van der Waals surface area contributed by atoms with Crippen LogP contribution in [-0.2, 0) is 17.9 Å². The monoisotopic (exact) mass is 582 g/mol. The summed E-state index contributed by atoms with van der Waals surface area (Å²) in [5, 5.41) is 20.3. The van der Waals surface area contributed by atoms with Crippen molar-refractivity contribution in [3.63, 3.8) is 0 Å². The van der Waals surface area contributed by atoms with E-state index in [1.807, 2.05) is 22.8 Å². The zero-order valence-corrected chi connectivity index (χ0v) is 24.2. The van der Waals surface area contributed by atoms with Crippen molar-refractivity contribution in [1.29, 1.82) is 0 Å². The quantitative estimate of drug-likeness (QED) is 0.308. The van der Waals surface area contributed by atoms with E-state index in [4.69, 9.17) is 9.47 Å². The highest BCUT2D eigenvalue weighted by atomic mass is 79.9. The number of azo groups is 1. The Balaban J connectivity index is 1.41. The maximum Gasteiger partial charge on any atom is 0.269 e. The van der Waals surface area contributed by atoms with E-state index in [1.165, 1.54) is 12.8 Å². The van der Waals surface area contributed by atoms with Crippen LogP contribution in [0.4, 0.5) is 5.69 Å². The zero-order valence-electron chi connectivity index (χ0n) is 22.6. The van der Waals surface area contributed by atoms with Gasteiger partial charge in [0.1, 0.15) is 0 Å². The first kappa shape index (κ1) is 26.7. The number of fused-ring (bicyclic) bond motifs is 3. The van der Waals surface area contributed by atoms with E-state index in [0.717, 1.165) is 33.9 Å². The molecule has 0 unspecified atom stereocenters.